The third kappa shape index (κ3) is 1.97. The minimum atomic E-state index is 0.116. The molecule has 2 aliphatic heterocycles. The summed E-state index contributed by atoms with van der Waals surface area (Å²) >= 11 is 0. The van der Waals surface area contributed by atoms with E-state index in [1.54, 1.807) is 4.90 Å². The van der Waals surface area contributed by atoms with Crippen LogP contribution in [0.2, 0.25) is 0 Å². The molecule has 4 nitrogen and oxygen atoms in total. The van der Waals surface area contributed by atoms with Crippen LogP contribution in [0.25, 0.3) is 0 Å². The number of ether oxygens (including phenoxy) is 1. The van der Waals surface area contributed by atoms with Gasteiger partial charge < -0.3 is 15.0 Å². The number of nitrogens with one attached hydrogen (secondary N) is 1. The van der Waals surface area contributed by atoms with Gasteiger partial charge in [0.1, 0.15) is 5.75 Å². The van der Waals surface area contributed by atoms with Gasteiger partial charge in [-0.25, -0.2) is 0 Å². The number of rotatable bonds is 1. The van der Waals surface area contributed by atoms with Crippen LogP contribution in [0.3, 0.4) is 0 Å². The van der Waals surface area contributed by atoms with Gasteiger partial charge in [0.2, 0.25) is 5.91 Å². The molecule has 0 bridgehead atoms. The van der Waals surface area contributed by atoms with Crippen molar-refractivity contribution in [1.82, 2.24) is 5.32 Å². The summed E-state index contributed by atoms with van der Waals surface area (Å²) in [5.41, 5.74) is 2.14. The number of nitrogens with zero attached hydrogens (tertiary/aromatic N) is 1. The van der Waals surface area contributed by atoms with Crippen LogP contribution in [-0.2, 0) is 4.79 Å². The largest absolute Gasteiger partial charge is 0.491 e. The van der Waals surface area contributed by atoms with Crippen LogP contribution in [0, 0.1) is 0 Å². The van der Waals surface area contributed by atoms with Gasteiger partial charge in [-0.3, -0.25) is 4.79 Å². The van der Waals surface area contributed by atoms with Crippen LogP contribution in [0.5, 0.6) is 5.75 Å². The van der Waals surface area contributed by atoms with E-state index in [9.17, 15) is 4.79 Å². The highest BCUT2D eigenvalue weighted by Gasteiger charge is 2.23. The van der Waals surface area contributed by atoms with E-state index < -0.39 is 0 Å². The molecule has 1 N–H and O–H groups in total. The second kappa shape index (κ2) is 4.61. The Morgan fingerprint density at radius 2 is 2.33 bits per heavy atom. The zero-order valence-corrected chi connectivity index (χ0v) is 10.6. The highest BCUT2D eigenvalue weighted by atomic mass is 16.5. The number of benzene rings is 1. The van der Waals surface area contributed by atoms with E-state index in [0.717, 1.165) is 24.4 Å². The summed E-state index contributed by atoms with van der Waals surface area (Å²) in [5.74, 6) is 0.926. The molecular weight excluding hydrogens is 228 g/mol. The molecule has 18 heavy (non-hydrogen) atoms. The Balaban J connectivity index is 1.97. The highest BCUT2D eigenvalue weighted by Crippen LogP contribution is 2.34. The van der Waals surface area contributed by atoms with E-state index in [1.807, 2.05) is 13.1 Å². The number of carbonyl (C=O) groups excluding carboxylic acids is 1. The van der Waals surface area contributed by atoms with Crippen molar-refractivity contribution in [2.75, 3.05) is 25.1 Å². The van der Waals surface area contributed by atoms with Gasteiger partial charge in [-0.05, 0) is 37.1 Å². The van der Waals surface area contributed by atoms with Crippen molar-refractivity contribution >= 4 is 11.6 Å². The number of amides is 1. The van der Waals surface area contributed by atoms with Crippen LogP contribution >= 0.6 is 0 Å². The van der Waals surface area contributed by atoms with Crippen molar-refractivity contribution in [2.45, 2.75) is 25.3 Å². The molecule has 0 saturated carbocycles. The molecule has 1 atom stereocenters. The van der Waals surface area contributed by atoms with Crippen molar-refractivity contribution in [1.29, 1.82) is 0 Å². The van der Waals surface area contributed by atoms with Crippen molar-refractivity contribution in [3.8, 4) is 5.75 Å². The molecule has 1 unspecified atom stereocenters. The molecular formula is C14H18N2O2. The molecule has 4 heteroatoms. The molecule has 0 radical (unpaired) electrons. The quantitative estimate of drug-likeness (QED) is 0.822. The Hall–Kier alpha value is -1.55. The molecule has 0 spiro atoms. The lowest BCUT2D eigenvalue weighted by Crippen LogP contribution is -2.25. The smallest absolute Gasteiger partial charge is 0.230 e. The summed E-state index contributed by atoms with van der Waals surface area (Å²) in [6.07, 6.45) is 2.83. The molecule has 96 valence electrons. The maximum absolute atomic E-state index is 11.8. The summed E-state index contributed by atoms with van der Waals surface area (Å²) in [5, 5.41) is 3.48. The SMILES string of the molecule is CN1C(=O)CCOc2ccc(C3CCCN3)cc21. The third-order valence-electron chi connectivity index (χ3n) is 3.75. The zero-order chi connectivity index (χ0) is 12.5. The molecule has 2 aliphatic rings. The van der Waals surface area contributed by atoms with Crippen LogP contribution in [-0.4, -0.2) is 26.1 Å². The fourth-order valence-corrected chi connectivity index (χ4v) is 2.65. The predicted octanol–water partition coefficient (Wildman–Crippen LogP) is 1.86. The van der Waals surface area contributed by atoms with E-state index in [1.165, 1.54) is 12.0 Å². The van der Waals surface area contributed by atoms with Gasteiger partial charge in [0.25, 0.3) is 0 Å². The number of hydrogen-bond acceptors (Lipinski definition) is 3. The van der Waals surface area contributed by atoms with Gasteiger partial charge in [0, 0.05) is 13.1 Å². The molecule has 1 fully saturated rings. The van der Waals surface area contributed by atoms with Gasteiger partial charge in [-0.1, -0.05) is 6.07 Å². The van der Waals surface area contributed by atoms with Crippen molar-refractivity contribution < 1.29 is 9.53 Å². The average molecular weight is 246 g/mol. The fourth-order valence-electron chi connectivity index (χ4n) is 2.65. The minimum Gasteiger partial charge on any atom is -0.491 e. The topological polar surface area (TPSA) is 41.6 Å². The summed E-state index contributed by atoms with van der Waals surface area (Å²) in [6.45, 7) is 1.55. The van der Waals surface area contributed by atoms with Gasteiger partial charge >= 0.3 is 0 Å². The normalized spacial score (nSPS) is 23.5. The molecule has 1 amide bonds. The third-order valence-corrected chi connectivity index (χ3v) is 3.75. The highest BCUT2D eigenvalue weighted by molar-refractivity contribution is 5.95. The lowest BCUT2D eigenvalue weighted by atomic mass is 10.0. The monoisotopic (exact) mass is 246 g/mol. The first kappa shape index (κ1) is 11.5. The molecule has 1 saturated heterocycles. The second-order valence-corrected chi connectivity index (χ2v) is 4.93. The van der Waals surface area contributed by atoms with Crippen molar-refractivity contribution in [3.63, 3.8) is 0 Å². The van der Waals surface area contributed by atoms with Gasteiger partial charge in [-0.2, -0.15) is 0 Å². The first-order chi connectivity index (χ1) is 8.75. The van der Waals surface area contributed by atoms with E-state index in [2.05, 4.69) is 17.4 Å². The Kier molecular flexibility index (Phi) is 2.96. The lowest BCUT2D eigenvalue weighted by molar-refractivity contribution is -0.118. The van der Waals surface area contributed by atoms with Gasteiger partial charge in [0.15, 0.2) is 0 Å². The standard InChI is InChI=1S/C14H18N2O2/c1-16-12-9-10(11-3-2-7-15-11)4-5-13(12)18-8-6-14(16)17/h4-5,9,11,15H,2-3,6-8H2,1H3. The van der Waals surface area contributed by atoms with Gasteiger partial charge in [0.05, 0.1) is 18.7 Å². The number of fused-ring (bicyclic) bond motifs is 1. The molecule has 0 aromatic heterocycles. The first-order valence-corrected chi connectivity index (χ1v) is 6.52. The molecule has 1 aromatic rings. The fraction of sp³-hybridized carbons (Fsp3) is 0.500. The second-order valence-electron chi connectivity index (χ2n) is 4.93. The zero-order valence-electron chi connectivity index (χ0n) is 10.6. The van der Waals surface area contributed by atoms with E-state index in [4.69, 9.17) is 4.74 Å². The first-order valence-electron chi connectivity index (χ1n) is 6.52. The van der Waals surface area contributed by atoms with Gasteiger partial charge in [-0.15, -0.1) is 0 Å². The molecule has 0 aliphatic carbocycles. The lowest BCUT2D eigenvalue weighted by Gasteiger charge is -2.19. The number of carbonyl (C=O) groups is 1. The number of hydrogen-bond donors (Lipinski definition) is 1. The summed E-state index contributed by atoms with van der Waals surface area (Å²) in [4.78, 5) is 13.5. The molecule has 1 aromatic carbocycles. The molecule has 2 heterocycles. The summed E-state index contributed by atoms with van der Waals surface area (Å²) in [7, 11) is 1.82. The van der Waals surface area contributed by atoms with Crippen LogP contribution < -0.4 is 15.0 Å². The summed E-state index contributed by atoms with van der Waals surface area (Å²) < 4.78 is 5.62. The predicted molar refractivity (Wildman–Crippen MR) is 69.9 cm³/mol. The van der Waals surface area contributed by atoms with Crippen molar-refractivity contribution in [2.24, 2.45) is 0 Å². The minimum absolute atomic E-state index is 0.116. The van der Waals surface area contributed by atoms with E-state index in [-0.39, 0.29) is 5.91 Å². The summed E-state index contributed by atoms with van der Waals surface area (Å²) in [6, 6.07) is 6.59. The van der Waals surface area contributed by atoms with Crippen LogP contribution in [0.15, 0.2) is 18.2 Å². The maximum atomic E-state index is 11.8. The Labute approximate surface area is 107 Å². The van der Waals surface area contributed by atoms with Crippen LogP contribution in [0.1, 0.15) is 30.9 Å². The molecule has 3 rings (SSSR count). The van der Waals surface area contributed by atoms with E-state index >= 15 is 0 Å². The average Bonchev–Trinajstić information content (AvgIpc) is 2.87. The Morgan fingerprint density at radius 3 is 3.11 bits per heavy atom. The van der Waals surface area contributed by atoms with Crippen LogP contribution in [0.4, 0.5) is 5.69 Å². The number of anilines is 1. The van der Waals surface area contributed by atoms with E-state index in [0.29, 0.717) is 19.1 Å². The maximum Gasteiger partial charge on any atom is 0.230 e. The Bertz CT molecular complexity index is 467. The Morgan fingerprint density at radius 1 is 1.44 bits per heavy atom. The van der Waals surface area contributed by atoms with Crippen molar-refractivity contribution in [3.05, 3.63) is 23.8 Å².